The molecule has 0 saturated heterocycles. The number of ether oxygens (including phenoxy) is 1. The molecule has 0 radical (unpaired) electrons. The highest BCUT2D eigenvalue weighted by molar-refractivity contribution is 8.25. The predicted molar refractivity (Wildman–Crippen MR) is 131 cm³/mol. The zero-order chi connectivity index (χ0) is 23.1. The van der Waals surface area contributed by atoms with Crippen LogP contribution in [0.25, 0.3) is 22.5 Å². The molecule has 0 amide bonds. The molecule has 0 saturated carbocycles. The van der Waals surface area contributed by atoms with E-state index < -0.39 is 5.54 Å². The molecule has 1 aliphatic rings. The Morgan fingerprint density at radius 1 is 1.12 bits per heavy atom. The highest BCUT2D eigenvalue weighted by Crippen LogP contribution is 2.34. The summed E-state index contributed by atoms with van der Waals surface area (Å²) in [4.78, 5) is 22.3. The number of aromatic nitrogens is 4. The SMILES string of the molecule is CCCCN=C1SC=NC1(Cc1ccc(-c2ccccc2-c2nnn[nH]2)cc1)C(=O)OCC. The summed E-state index contributed by atoms with van der Waals surface area (Å²) in [6, 6.07) is 16.1. The maximum absolute atomic E-state index is 13.0. The average molecular weight is 463 g/mol. The van der Waals surface area contributed by atoms with Crippen LogP contribution in [0.3, 0.4) is 0 Å². The van der Waals surface area contributed by atoms with Crippen LogP contribution < -0.4 is 0 Å². The van der Waals surface area contributed by atoms with Crippen LogP contribution in [0.15, 0.2) is 58.5 Å². The fraction of sp³-hybridized carbons (Fsp3) is 0.333. The molecular weight excluding hydrogens is 436 g/mol. The normalized spacial score (nSPS) is 18.7. The van der Waals surface area contributed by atoms with E-state index >= 15 is 0 Å². The summed E-state index contributed by atoms with van der Waals surface area (Å²) in [5.41, 5.74) is 4.53. The van der Waals surface area contributed by atoms with Gasteiger partial charge in [-0.25, -0.2) is 9.89 Å². The summed E-state index contributed by atoms with van der Waals surface area (Å²) < 4.78 is 5.42. The lowest BCUT2D eigenvalue weighted by Crippen LogP contribution is -2.45. The number of carbonyl (C=O) groups excluding carboxylic acids is 1. The van der Waals surface area contributed by atoms with Gasteiger partial charge in [0.15, 0.2) is 5.82 Å². The third-order valence-corrected chi connectivity index (χ3v) is 6.32. The lowest BCUT2D eigenvalue weighted by atomic mass is 9.90. The van der Waals surface area contributed by atoms with Crippen LogP contribution in [0.5, 0.6) is 0 Å². The molecule has 0 fully saturated rings. The van der Waals surface area contributed by atoms with Crippen molar-refractivity contribution in [2.45, 2.75) is 38.6 Å². The fourth-order valence-electron chi connectivity index (χ4n) is 3.72. The number of H-pyrrole nitrogens is 1. The van der Waals surface area contributed by atoms with Gasteiger partial charge in [-0.3, -0.25) is 9.98 Å². The number of rotatable bonds is 9. The third-order valence-electron chi connectivity index (χ3n) is 5.42. The summed E-state index contributed by atoms with van der Waals surface area (Å²) in [6.45, 7) is 4.90. The van der Waals surface area contributed by atoms with Crippen molar-refractivity contribution < 1.29 is 9.53 Å². The minimum Gasteiger partial charge on any atom is -0.464 e. The smallest absolute Gasteiger partial charge is 0.341 e. The van der Waals surface area contributed by atoms with Gasteiger partial charge in [-0.1, -0.05) is 73.6 Å². The molecule has 1 aromatic heterocycles. The molecule has 1 aliphatic heterocycles. The molecule has 0 aliphatic carbocycles. The van der Waals surface area contributed by atoms with E-state index in [0.29, 0.717) is 30.4 Å². The highest BCUT2D eigenvalue weighted by Gasteiger charge is 2.47. The quantitative estimate of drug-likeness (QED) is 0.374. The van der Waals surface area contributed by atoms with Gasteiger partial charge < -0.3 is 4.74 Å². The monoisotopic (exact) mass is 462 g/mol. The number of nitrogens with one attached hydrogen (secondary N) is 1. The summed E-state index contributed by atoms with van der Waals surface area (Å²) in [5, 5.41) is 15.0. The molecule has 2 heterocycles. The summed E-state index contributed by atoms with van der Waals surface area (Å²) in [6.07, 6.45) is 2.41. The van der Waals surface area contributed by atoms with Crippen LogP contribution >= 0.6 is 11.8 Å². The van der Waals surface area contributed by atoms with E-state index in [0.717, 1.165) is 35.1 Å². The lowest BCUT2D eigenvalue weighted by Gasteiger charge is -2.24. The van der Waals surface area contributed by atoms with Crippen molar-refractivity contribution >= 4 is 28.3 Å². The van der Waals surface area contributed by atoms with Gasteiger partial charge in [0.2, 0.25) is 5.54 Å². The van der Waals surface area contributed by atoms with Crippen LogP contribution in [0.1, 0.15) is 32.3 Å². The number of carbonyl (C=O) groups is 1. The Morgan fingerprint density at radius 2 is 1.91 bits per heavy atom. The molecular formula is C24H26N6O2S. The van der Waals surface area contributed by atoms with E-state index in [1.54, 1.807) is 5.55 Å². The molecule has 8 nitrogen and oxygen atoms in total. The van der Waals surface area contributed by atoms with Crippen LogP contribution in [0, 0.1) is 0 Å². The maximum Gasteiger partial charge on any atom is 0.341 e. The third kappa shape index (κ3) is 4.88. The Labute approximate surface area is 197 Å². The van der Waals surface area contributed by atoms with Gasteiger partial charge in [-0.2, -0.15) is 0 Å². The first-order valence-electron chi connectivity index (χ1n) is 11.0. The first-order valence-corrected chi connectivity index (χ1v) is 11.9. The molecule has 2 aromatic carbocycles. The second kappa shape index (κ2) is 10.5. The topological polar surface area (TPSA) is 105 Å². The first-order chi connectivity index (χ1) is 16.2. The molecule has 1 N–H and O–H groups in total. The van der Waals surface area contributed by atoms with Crippen molar-refractivity contribution in [3.63, 3.8) is 0 Å². The molecule has 1 unspecified atom stereocenters. The zero-order valence-electron chi connectivity index (χ0n) is 18.7. The standard InChI is InChI=1S/C24H26N6O2S/c1-3-5-14-25-22-24(26-16-33-22,23(31)32-4-2)15-17-10-12-18(13-11-17)19-8-6-7-9-20(19)21-27-29-30-28-21/h6-13,16H,3-5,14-15H2,1-2H3,(H,27,28,29,30). The summed E-state index contributed by atoms with van der Waals surface area (Å²) in [7, 11) is 0. The van der Waals surface area contributed by atoms with Crippen LogP contribution in [-0.2, 0) is 16.0 Å². The molecule has 1 atom stereocenters. The van der Waals surface area contributed by atoms with Crippen molar-refractivity contribution in [1.82, 2.24) is 20.6 Å². The summed E-state index contributed by atoms with van der Waals surface area (Å²) in [5.74, 6) is 0.259. The van der Waals surface area contributed by atoms with E-state index in [1.165, 1.54) is 11.8 Å². The average Bonchev–Trinajstić information content (AvgIpc) is 3.51. The van der Waals surface area contributed by atoms with Gasteiger partial charge in [0, 0.05) is 18.5 Å². The van der Waals surface area contributed by atoms with Crippen molar-refractivity contribution in [2.24, 2.45) is 9.98 Å². The van der Waals surface area contributed by atoms with Gasteiger partial charge >= 0.3 is 5.97 Å². The molecule has 0 spiro atoms. The summed E-state index contributed by atoms with van der Waals surface area (Å²) >= 11 is 1.41. The van der Waals surface area contributed by atoms with Gasteiger partial charge in [-0.05, 0) is 40.5 Å². The second-order valence-electron chi connectivity index (χ2n) is 7.64. The number of nitrogens with zero attached hydrogens (tertiary/aromatic N) is 5. The molecule has 9 heteroatoms. The second-order valence-corrected chi connectivity index (χ2v) is 8.48. The Bertz CT molecular complexity index is 1140. The van der Waals surface area contributed by atoms with Gasteiger partial charge in [0.05, 0.1) is 12.2 Å². The van der Waals surface area contributed by atoms with E-state index in [2.05, 4.69) is 32.5 Å². The zero-order valence-corrected chi connectivity index (χ0v) is 19.5. The van der Waals surface area contributed by atoms with Crippen LogP contribution in [-0.4, -0.2) is 55.9 Å². The number of tetrazole rings is 1. The minimum absolute atomic E-state index is 0.301. The highest BCUT2D eigenvalue weighted by atomic mass is 32.2. The van der Waals surface area contributed by atoms with E-state index in [4.69, 9.17) is 9.73 Å². The first kappa shape index (κ1) is 22.8. The minimum atomic E-state index is -1.11. The van der Waals surface area contributed by atoms with Crippen LogP contribution in [0.2, 0.25) is 0 Å². The molecule has 3 aromatic rings. The Kier molecular flexibility index (Phi) is 7.29. The van der Waals surface area contributed by atoms with Gasteiger partial charge in [-0.15, -0.1) is 5.10 Å². The number of hydrogen-bond donors (Lipinski definition) is 1. The Hall–Kier alpha value is -3.33. The molecule has 33 heavy (non-hydrogen) atoms. The van der Waals surface area contributed by atoms with E-state index in [-0.39, 0.29) is 5.97 Å². The largest absolute Gasteiger partial charge is 0.464 e. The number of unbranched alkanes of at least 4 members (excludes halogenated alkanes) is 1. The van der Waals surface area contributed by atoms with Crippen molar-refractivity contribution in [3.05, 3.63) is 54.1 Å². The fourth-order valence-corrected chi connectivity index (χ4v) is 4.62. The van der Waals surface area contributed by atoms with Gasteiger partial charge in [0.1, 0.15) is 5.04 Å². The molecule has 0 bridgehead atoms. The molecule has 4 rings (SSSR count). The predicted octanol–water partition coefficient (Wildman–Crippen LogP) is 4.35. The lowest BCUT2D eigenvalue weighted by molar-refractivity contribution is -0.146. The Balaban J connectivity index is 1.63. The number of aromatic amines is 1. The van der Waals surface area contributed by atoms with Gasteiger partial charge in [0.25, 0.3) is 0 Å². The van der Waals surface area contributed by atoms with Crippen LogP contribution in [0.4, 0.5) is 0 Å². The number of thioether (sulfide) groups is 1. The number of aliphatic imine (C=N–C) groups is 2. The van der Waals surface area contributed by atoms with Crippen molar-refractivity contribution in [3.8, 4) is 22.5 Å². The number of hydrogen-bond acceptors (Lipinski definition) is 8. The Morgan fingerprint density at radius 3 is 2.61 bits per heavy atom. The van der Waals surface area contributed by atoms with E-state index in [9.17, 15) is 4.79 Å². The van der Waals surface area contributed by atoms with E-state index in [1.807, 2.05) is 55.5 Å². The number of esters is 1. The number of benzene rings is 2. The van der Waals surface area contributed by atoms with Crippen molar-refractivity contribution in [1.29, 1.82) is 0 Å². The van der Waals surface area contributed by atoms with Crippen molar-refractivity contribution in [2.75, 3.05) is 13.2 Å². The molecule has 170 valence electrons. The maximum atomic E-state index is 13.0.